The monoisotopic (exact) mass is 263 g/mol. The fourth-order valence-corrected chi connectivity index (χ4v) is 1.99. The fraction of sp³-hybridized carbons (Fsp3) is 0. The summed E-state index contributed by atoms with van der Waals surface area (Å²) < 4.78 is 5.64. The second-order valence-electron chi connectivity index (χ2n) is 3.59. The standard InChI is InChI=1S/C13H7Cl2NO/c14-9-6-7-10-12(11(9)15)17-13(16-10)8-4-2-1-3-5-8/h1-7H. The first-order valence-electron chi connectivity index (χ1n) is 5.05. The van der Waals surface area contributed by atoms with Gasteiger partial charge in [-0.25, -0.2) is 4.98 Å². The molecule has 3 aromatic rings. The van der Waals surface area contributed by atoms with Gasteiger partial charge in [0.15, 0.2) is 5.58 Å². The van der Waals surface area contributed by atoms with Gasteiger partial charge in [-0.05, 0) is 24.3 Å². The summed E-state index contributed by atoms with van der Waals surface area (Å²) in [6, 6.07) is 13.2. The van der Waals surface area contributed by atoms with Crippen molar-refractivity contribution in [2.45, 2.75) is 0 Å². The molecule has 4 heteroatoms. The highest BCUT2D eigenvalue weighted by atomic mass is 35.5. The molecule has 84 valence electrons. The Kier molecular flexibility index (Phi) is 2.54. The van der Waals surface area contributed by atoms with Crippen molar-refractivity contribution in [3.8, 4) is 11.5 Å². The van der Waals surface area contributed by atoms with Gasteiger partial charge < -0.3 is 4.42 Å². The molecule has 0 saturated heterocycles. The average molecular weight is 264 g/mol. The van der Waals surface area contributed by atoms with Crippen LogP contribution in [0, 0.1) is 0 Å². The molecule has 0 N–H and O–H groups in total. The molecule has 0 fully saturated rings. The van der Waals surface area contributed by atoms with E-state index in [2.05, 4.69) is 4.98 Å². The van der Waals surface area contributed by atoms with Crippen molar-refractivity contribution in [1.82, 2.24) is 4.98 Å². The molecular weight excluding hydrogens is 257 g/mol. The molecule has 0 spiro atoms. The van der Waals surface area contributed by atoms with Gasteiger partial charge in [-0.3, -0.25) is 0 Å². The Labute approximate surface area is 108 Å². The van der Waals surface area contributed by atoms with E-state index in [1.165, 1.54) is 0 Å². The molecular formula is C13H7Cl2NO. The molecule has 0 unspecified atom stereocenters. The number of aromatic nitrogens is 1. The van der Waals surface area contributed by atoms with Crippen molar-refractivity contribution in [1.29, 1.82) is 0 Å². The molecule has 1 aromatic heterocycles. The van der Waals surface area contributed by atoms with E-state index in [4.69, 9.17) is 27.6 Å². The highest BCUT2D eigenvalue weighted by Crippen LogP contribution is 2.33. The number of fused-ring (bicyclic) bond motifs is 1. The summed E-state index contributed by atoms with van der Waals surface area (Å²) in [5.74, 6) is 0.546. The normalized spacial score (nSPS) is 10.9. The van der Waals surface area contributed by atoms with E-state index in [1.807, 2.05) is 30.3 Å². The average Bonchev–Trinajstić information content (AvgIpc) is 2.80. The van der Waals surface area contributed by atoms with Crippen LogP contribution in [0.1, 0.15) is 0 Å². The third kappa shape index (κ3) is 1.79. The van der Waals surface area contributed by atoms with Gasteiger partial charge in [0.2, 0.25) is 5.89 Å². The number of halogens is 2. The first kappa shape index (κ1) is 10.6. The number of oxazole rings is 1. The maximum Gasteiger partial charge on any atom is 0.227 e. The summed E-state index contributed by atoms with van der Waals surface area (Å²) in [7, 11) is 0. The number of hydrogen-bond donors (Lipinski definition) is 0. The highest BCUT2D eigenvalue weighted by Gasteiger charge is 2.12. The Balaban J connectivity index is 2.24. The molecule has 0 atom stereocenters. The Morgan fingerprint density at radius 2 is 1.71 bits per heavy atom. The molecule has 0 aliphatic rings. The zero-order chi connectivity index (χ0) is 11.8. The van der Waals surface area contributed by atoms with Crippen molar-refractivity contribution in [3.63, 3.8) is 0 Å². The van der Waals surface area contributed by atoms with Gasteiger partial charge in [0, 0.05) is 5.56 Å². The molecule has 2 aromatic carbocycles. The second-order valence-corrected chi connectivity index (χ2v) is 4.38. The minimum Gasteiger partial charge on any atom is -0.434 e. The van der Waals surface area contributed by atoms with Gasteiger partial charge in [0.1, 0.15) is 10.5 Å². The lowest BCUT2D eigenvalue weighted by Gasteiger charge is -1.93. The van der Waals surface area contributed by atoms with Crippen LogP contribution in [0.2, 0.25) is 10.0 Å². The maximum atomic E-state index is 6.06. The third-order valence-corrected chi connectivity index (χ3v) is 3.26. The van der Waals surface area contributed by atoms with Crippen LogP contribution in [0.5, 0.6) is 0 Å². The zero-order valence-corrected chi connectivity index (χ0v) is 10.2. The van der Waals surface area contributed by atoms with Crippen molar-refractivity contribution in [2.75, 3.05) is 0 Å². The van der Waals surface area contributed by atoms with Crippen LogP contribution in [-0.2, 0) is 0 Å². The first-order valence-corrected chi connectivity index (χ1v) is 5.81. The summed E-state index contributed by atoms with van der Waals surface area (Å²) in [5.41, 5.74) is 2.15. The molecule has 17 heavy (non-hydrogen) atoms. The van der Waals surface area contributed by atoms with Gasteiger partial charge >= 0.3 is 0 Å². The van der Waals surface area contributed by atoms with E-state index in [0.717, 1.165) is 5.56 Å². The molecule has 0 bridgehead atoms. The van der Waals surface area contributed by atoms with Crippen LogP contribution < -0.4 is 0 Å². The molecule has 0 radical (unpaired) electrons. The number of benzene rings is 2. The van der Waals surface area contributed by atoms with Crippen LogP contribution in [0.4, 0.5) is 0 Å². The lowest BCUT2D eigenvalue weighted by Crippen LogP contribution is -1.74. The van der Waals surface area contributed by atoms with Gasteiger partial charge in [0.05, 0.1) is 5.02 Å². The highest BCUT2D eigenvalue weighted by molar-refractivity contribution is 6.44. The molecule has 0 aliphatic heterocycles. The second kappa shape index (κ2) is 4.06. The number of hydrogen-bond acceptors (Lipinski definition) is 2. The predicted molar refractivity (Wildman–Crippen MR) is 69.5 cm³/mol. The molecule has 0 saturated carbocycles. The Hall–Kier alpha value is -1.51. The maximum absolute atomic E-state index is 6.06. The largest absolute Gasteiger partial charge is 0.434 e. The quantitative estimate of drug-likeness (QED) is 0.630. The molecule has 1 heterocycles. The van der Waals surface area contributed by atoms with Gasteiger partial charge in [0.25, 0.3) is 0 Å². The molecule has 3 rings (SSSR count). The van der Waals surface area contributed by atoms with E-state index in [9.17, 15) is 0 Å². The minimum atomic E-state index is 0.402. The third-order valence-electron chi connectivity index (χ3n) is 2.47. The van der Waals surface area contributed by atoms with Crippen LogP contribution in [0.15, 0.2) is 46.9 Å². The Morgan fingerprint density at radius 1 is 0.941 bits per heavy atom. The topological polar surface area (TPSA) is 26.0 Å². The lowest BCUT2D eigenvalue weighted by molar-refractivity contribution is 0.620. The number of rotatable bonds is 1. The van der Waals surface area contributed by atoms with Crippen molar-refractivity contribution in [3.05, 3.63) is 52.5 Å². The molecule has 2 nitrogen and oxygen atoms in total. The summed E-state index contributed by atoms with van der Waals surface area (Å²) >= 11 is 12.0. The van der Waals surface area contributed by atoms with Crippen LogP contribution in [0.3, 0.4) is 0 Å². The minimum absolute atomic E-state index is 0.402. The lowest BCUT2D eigenvalue weighted by atomic mass is 10.2. The summed E-state index contributed by atoms with van der Waals surface area (Å²) in [6.45, 7) is 0. The summed E-state index contributed by atoms with van der Waals surface area (Å²) in [4.78, 5) is 4.38. The first-order chi connectivity index (χ1) is 8.25. The predicted octanol–water partition coefficient (Wildman–Crippen LogP) is 4.80. The van der Waals surface area contributed by atoms with E-state index in [1.54, 1.807) is 12.1 Å². The van der Waals surface area contributed by atoms with Crippen LogP contribution >= 0.6 is 23.2 Å². The van der Waals surface area contributed by atoms with Gasteiger partial charge in [-0.1, -0.05) is 41.4 Å². The fourth-order valence-electron chi connectivity index (χ4n) is 1.64. The Bertz CT molecular complexity index is 676. The van der Waals surface area contributed by atoms with Crippen molar-refractivity contribution >= 4 is 34.3 Å². The van der Waals surface area contributed by atoms with E-state index >= 15 is 0 Å². The molecule has 0 amide bonds. The van der Waals surface area contributed by atoms with Crippen LogP contribution in [0.25, 0.3) is 22.6 Å². The van der Waals surface area contributed by atoms with E-state index < -0.39 is 0 Å². The van der Waals surface area contributed by atoms with E-state index in [-0.39, 0.29) is 0 Å². The Morgan fingerprint density at radius 3 is 2.47 bits per heavy atom. The summed E-state index contributed by atoms with van der Waals surface area (Å²) in [6.07, 6.45) is 0. The van der Waals surface area contributed by atoms with Crippen molar-refractivity contribution < 1.29 is 4.42 Å². The van der Waals surface area contributed by atoms with Gasteiger partial charge in [-0.15, -0.1) is 0 Å². The number of nitrogens with zero attached hydrogens (tertiary/aromatic N) is 1. The van der Waals surface area contributed by atoms with Crippen LogP contribution in [-0.4, -0.2) is 4.98 Å². The molecule has 0 aliphatic carbocycles. The smallest absolute Gasteiger partial charge is 0.227 e. The van der Waals surface area contributed by atoms with Crippen molar-refractivity contribution in [2.24, 2.45) is 0 Å². The SMILES string of the molecule is Clc1ccc2nc(-c3ccccc3)oc2c1Cl. The van der Waals surface area contributed by atoms with Gasteiger partial charge in [-0.2, -0.15) is 0 Å². The zero-order valence-electron chi connectivity index (χ0n) is 8.65. The van der Waals surface area contributed by atoms with E-state index in [0.29, 0.717) is 27.0 Å². The summed E-state index contributed by atoms with van der Waals surface area (Å²) in [5, 5.41) is 0.869.